The maximum atomic E-state index is 13.3. The number of ketones is 1. The molecule has 0 aliphatic heterocycles. The third-order valence-corrected chi connectivity index (χ3v) is 5.12. The summed E-state index contributed by atoms with van der Waals surface area (Å²) >= 11 is 0. The lowest BCUT2D eigenvalue weighted by Crippen LogP contribution is -2.21. The molecule has 0 unspecified atom stereocenters. The van der Waals surface area contributed by atoms with Gasteiger partial charge in [-0.25, -0.2) is 0 Å². The third kappa shape index (κ3) is 3.49. The Bertz CT molecular complexity index is 1270. The lowest BCUT2D eigenvalue weighted by atomic mass is 9.85. The van der Waals surface area contributed by atoms with Gasteiger partial charge in [-0.2, -0.15) is 0 Å². The summed E-state index contributed by atoms with van der Waals surface area (Å²) in [6, 6.07) is 14.1. The minimum Gasteiger partial charge on any atom is -0.503 e. The van der Waals surface area contributed by atoms with Gasteiger partial charge >= 0.3 is 0 Å². The second-order valence-corrected chi connectivity index (χ2v) is 8.30. The van der Waals surface area contributed by atoms with Crippen LogP contribution in [0.1, 0.15) is 31.1 Å². The predicted octanol–water partition coefficient (Wildman–Crippen LogP) is 4.84. The molecule has 0 atom stereocenters. The smallest absolute Gasteiger partial charge is 0.247 e. The van der Waals surface area contributed by atoms with Crippen molar-refractivity contribution in [3.8, 4) is 45.8 Å². The highest BCUT2D eigenvalue weighted by Gasteiger charge is 2.35. The molecule has 0 amide bonds. The summed E-state index contributed by atoms with van der Waals surface area (Å²) in [4.78, 5) is 13.3. The summed E-state index contributed by atoms with van der Waals surface area (Å²) in [5, 5.41) is 29.3. The fourth-order valence-electron chi connectivity index (χ4n) is 3.54. The maximum Gasteiger partial charge on any atom is 0.247 e. The summed E-state index contributed by atoms with van der Waals surface area (Å²) in [5.74, 6) is -0.385. The molecule has 2 aromatic carbocycles. The fourth-order valence-corrected chi connectivity index (χ4v) is 3.54. The molecule has 8 nitrogen and oxygen atoms in total. The van der Waals surface area contributed by atoms with Gasteiger partial charge in [-0.1, -0.05) is 32.9 Å². The number of Topliss-reactive ketones (excluding diaryl/α,β-unsaturated/α-hetero) is 1. The highest BCUT2D eigenvalue weighted by Crippen LogP contribution is 2.47. The Labute approximate surface area is 184 Å². The molecule has 0 bridgehead atoms. The average Bonchev–Trinajstić information content (AvgIpc) is 3.40. The van der Waals surface area contributed by atoms with Crippen LogP contribution in [-0.2, 0) is 0 Å². The van der Waals surface area contributed by atoms with Crippen LogP contribution in [-0.4, -0.2) is 37.9 Å². The van der Waals surface area contributed by atoms with Gasteiger partial charge in [-0.3, -0.25) is 9.36 Å². The summed E-state index contributed by atoms with van der Waals surface area (Å²) in [7, 11) is 1.52. The van der Waals surface area contributed by atoms with E-state index in [1.54, 1.807) is 69.3 Å². The zero-order valence-corrected chi connectivity index (χ0v) is 18.2. The normalized spacial score (nSPS) is 11.5. The predicted molar refractivity (Wildman–Crippen MR) is 118 cm³/mol. The Kier molecular flexibility index (Phi) is 5.22. The van der Waals surface area contributed by atoms with Gasteiger partial charge in [0.2, 0.25) is 18.2 Å². The van der Waals surface area contributed by atoms with Gasteiger partial charge < -0.3 is 19.4 Å². The number of para-hydroxylation sites is 1. The molecule has 8 heteroatoms. The van der Waals surface area contributed by atoms with Crippen molar-refractivity contribution in [1.82, 2.24) is 14.8 Å². The molecule has 0 fully saturated rings. The van der Waals surface area contributed by atoms with Crippen molar-refractivity contribution in [2.75, 3.05) is 7.11 Å². The number of methoxy groups -OCH3 is 1. The van der Waals surface area contributed by atoms with E-state index >= 15 is 0 Å². The van der Waals surface area contributed by atoms with E-state index in [4.69, 9.17) is 9.15 Å². The Morgan fingerprint density at radius 2 is 1.75 bits per heavy atom. The zero-order valence-electron chi connectivity index (χ0n) is 18.2. The van der Waals surface area contributed by atoms with Gasteiger partial charge in [0, 0.05) is 22.2 Å². The molecule has 2 N–H and O–H groups in total. The summed E-state index contributed by atoms with van der Waals surface area (Å²) in [6.07, 6.45) is 1.24. The first-order valence-corrected chi connectivity index (χ1v) is 9.95. The number of carbonyl (C=O) groups is 1. The Morgan fingerprint density at radius 3 is 2.34 bits per heavy atom. The minimum absolute atomic E-state index is 0.0282. The molecule has 2 heterocycles. The van der Waals surface area contributed by atoms with E-state index < -0.39 is 17.0 Å². The lowest BCUT2D eigenvalue weighted by Gasteiger charge is -2.19. The van der Waals surface area contributed by atoms with Gasteiger partial charge in [0.25, 0.3) is 0 Å². The monoisotopic (exact) mass is 433 g/mol. The molecule has 0 aliphatic carbocycles. The number of benzene rings is 2. The van der Waals surface area contributed by atoms with E-state index in [-0.39, 0.29) is 11.3 Å². The van der Waals surface area contributed by atoms with Crippen molar-refractivity contribution in [1.29, 1.82) is 0 Å². The van der Waals surface area contributed by atoms with E-state index in [1.807, 2.05) is 0 Å². The minimum atomic E-state index is -0.797. The average molecular weight is 433 g/mol. The summed E-state index contributed by atoms with van der Waals surface area (Å²) in [6.45, 7) is 5.27. The van der Waals surface area contributed by atoms with Crippen LogP contribution in [0.5, 0.6) is 17.4 Å². The third-order valence-electron chi connectivity index (χ3n) is 5.12. The van der Waals surface area contributed by atoms with Crippen molar-refractivity contribution in [3.05, 3.63) is 60.5 Å². The Morgan fingerprint density at radius 1 is 1.06 bits per heavy atom. The van der Waals surface area contributed by atoms with E-state index in [2.05, 4.69) is 10.2 Å². The van der Waals surface area contributed by atoms with Crippen molar-refractivity contribution in [2.45, 2.75) is 20.8 Å². The molecule has 0 aliphatic rings. The van der Waals surface area contributed by atoms with Gasteiger partial charge in [0.1, 0.15) is 5.75 Å². The van der Waals surface area contributed by atoms with Crippen LogP contribution < -0.4 is 4.74 Å². The van der Waals surface area contributed by atoms with Crippen LogP contribution in [0.25, 0.3) is 28.4 Å². The molecule has 4 aromatic rings. The molecule has 32 heavy (non-hydrogen) atoms. The van der Waals surface area contributed by atoms with Crippen molar-refractivity contribution < 1.29 is 24.2 Å². The van der Waals surface area contributed by atoms with Gasteiger partial charge in [-0.05, 0) is 36.4 Å². The van der Waals surface area contributed by atoms with Crippen LogP contribution >= 0.6 is 0 Å². The Balaban J connectivity index is 2.00. The van der Waals surface area contributed by atoms with E-state index in [0.717, 1.165) is 0 Å². The van der Waals surface area contributed by atoms with E-state index in [1.165, 1.54) is 18.1 Å². The van der Waals surface area contributed by atoms with Crippen molar-refractivity contribution in [2.24, 2.45) is 5.41 Å². The molecule has 0 saturated carbocycles. The number of aromatic nitrogens is 3. The molecule has 0 radical (unpaired) electrons. The largest absolute Gasteiger partial charge is 0.503 e. The molecular formula is C24H23N3O5. The molecular weight excluding hydrogens is 410 g/mol. The quantitative estimate of drug-likeness (QED) is 0.433. The summed E-state index contributed by atoms with van der Waals surface area (Å²) < 4.78 is 12.2. The first-order chi connectivity index (χ1) is 15.2. The highest BCUT2D eigenvalue weighted by atomic mass is 16.5. The van der Waals surface area contributed by atoms with Crippen molar-refractivity contribution >= 4 is 5.78 Å². The zero-order chi connectivity index (χ0) is 23.0. The standard InChI is InChI=1S/C24H23N3O5/c1-24(2,3)21(29)18-19(16-7-5-6-8-17(16)31-4)27(23(30)20(18)28)15-11-9-14(10-12-15)22-26-25-13-32-22/h5-13,28,30H,1-4H3. The van der Waals surface area contributed by atoms with E-state index in [9.17, 15) is 15.0 Å². The van der Waals surface area contributed by atoms with Crippen LogP contribution in [0, 0.1) is 5.41 Å². The fraction of sp³-hybridized carbons (Fsp3) is 0.208. The lowest BCUT2D eigenvalue weighted by molar-refractivity contribution is 0.0856. The number of nitrogens with zero attached hydrogens (tertiary/aromatic N) is 3. The highest BCUT2D eigenvalue weighted by molar-refractivity contribution is 6.08. The number of aromatic hydroxyl groups is 2. The molecule has 0 saturated heterocycles. The van der Waals surface area contributed by atoms with Gasteiger partial charge in [0.15, 0.2) is 11.5 Å². The Hall–Kier alpha value is -4.07. The number of hydrogen-bond donors (Lipinski definition) is 2. The topological polar surface area (TPSA) is 111 Å². The molecule has 0 spiro atoms. The second-order valence-electron chi connectivity index (χ2n) is 8.30. The first kappa shape index (κ1) is 21.2. The van der Waals surface area contributed by atoms with Gasteiger partial charge in [-0.15, -0.1) is 10.2 Å². The summed E-state index contributed by atoms with van der Waals surface area (Å²) in [5.41, 5.74) is 1.33. The van der Waals surface area contributed by atoms with Crippen molar-refractivity contribution in [3.63, 3.8) is 0 Å². The van der Waals surface area contributed by atoms with E-state index in [0.29, 0.717) is 34.1 Å². The first-order valence-electron chi connectivity index (χ1n) is 9.95. The number of hydrogen-bond acceptors (Lipinski definition) is 7. The second kappa shape index (κ2) is 7.88. The molecule has 164 valence electrons. The maximum absolute atomic E-state index is 13.3. The molecule has 2 aromatic heterocycles. The van der Waals surface area contributed by atoms with Crippen LogP contribution in [0.3, 0.4) is 0 Å². The SMILES string of the molecule is COc1ccccc1-c1c(C(=O)C(C)(C)C)c(O)c(O)n1-c1ccc(-c2nnco2)cc1. The number of ether oxygens (including phenoxy) is 1. The van der Waals surface area contributed by atoms with Crippen LogP contribution in [0.4, 0.5) is 0 Å². The number of rotatable bonds is 5. The molecule has 4 rings (SSSR count). The van der Waals surface area contributed by atoms with Crippen LogP contribution in [0.2, 0.25) is 0 Å². The van der Waals surface area contributed by atoms with Crippen LogP contribution in [0.15, 0.2) is 59.3 Å². The number of carbonyl (C=O) groups excluding carboxylic acids is 1. The van der Waals surface area contributed by atoms with Gasteiger partial charge in [0.05, 0.1) is 18.4 Å².